The van der Waals surface area contributed by atoms with Crippen LogP contribution in [0.3, 0.4) is 0 Å². The van der Waals surface area contributed by atoms with Crippen molar-refractivity contribution in [2.24, 2.45) is 11.8 Å². The fourth-order valence-electron chi connectivity index (χ4n) is 5.19. The Morgan fingerprint density at radius 1 is 1.18 bits per heavy atom. The van der Waals surface area contributed by atoms with Crippen molar-refractivity contribution in [3.8, 4) is 6.07 Å². The molecular weight excluding hydrogens is 468 g/mol. The Morgan fingerprint density at radius 3 is 2.53 bits per heavy atom. The normalized spacial score (nSPS) is 30.4. The van der Waals surface area contributed by atoms with Crippen LogP contribution >= 0.6 is 11.7 Å². The summed E-state index contributed by atoms with van der Waals surface area (Å²) in [5.74, 6) is -1.84. The van der Waals surface area contributed by atoms with Gasteiger partial charge in [-0.2, -0.15) is 14.0 Å². The monoisotopic (exact) mass is 496 g/mol. The number of benzene rings is 1. The van der Waals surface area contributed by atoms with E-state index in [0.717, 1.165) is 11.7 Å². The molecule has 178 valence electrons. The van der Waals surface area contributed by atoms with Crippen LogP contribution in [0.2, 0.25) is 18.1 Å². The molecule has 0 aliphatic carbocycles. The Hall–Kier alpha value is -2.45. The van der Waals surface area contributed by atoms with Crippen molar-refractivity contribution in [2.75, 3.05) is 11.5 Å². The summed E-state index contributed by atoms with van der Waals surface area (Å²) >= 11 is 0.956. The minimum Gasteiger partial charge on any atom is -0.417 e. The van der Waals surface area contributed by atoms with Gasteiger partial charge in [-0.15, -0.1) is 0 Å². The zero-order chi connectivity index (χ0) is 24.7. The summed E-state index contributed by atoms with van der Waals surface area (Å²) in [6, 6.07) is 5.29. The lowest BCUT2D eigenvalue weighted by Gasteiger charge is -2.37. The zero-order valence-corrected chi connectivity index (χ0v) is 22.0. The molecule has 34 heavy (non-hydrogen) atoms. The molecule has 0 radical (unpaired) electrons. The van der Waals surface area contributed by atoms with E-state index in [2.05, 4.69) is 48.7 Å². The number of hydrogen-bond donors (Lipinski definition) is 0. The number of hydrogen-bond acceptors (Lipinski definition) is 8. The molecule has 1 unspecified atom stereocenters. The third-order valence-corrected chi connectivity index (χ3v) is 13.1. The molecule has 3 aliphatic rings. The Morgan fingerprint density at radius 2 is 1.85 bits per heavy atom. The van der Waals surface area contributed by atoms with Crippen molar-refractivity contribution in [3.63, 3.8) is 0 Å². The van der Waals surface area contributed by atoms with Gasteiger partial charge in [-0.25, -0.2) is 4.90 Å². The number of imide groups is 1. The average molecular weight is 497 g/mol. The Balaban J connectivity index is 1.48. The molecule has 2 bridgehead atoms. The van der Waals surface area contributed by atoms with Gasteiger partial charge in [0.2, 0.25) is 11.8 Å². The number of carbonyl (C=O) groups is 2. The first-order chi connectivity index (χ1) is 15.9. The molecule has 1 aromatic carbocycles. The van der Waals surface area contributed by atoms with E-state index >= 15 is 0 Å². The summed E-state index contributed by atoms with van der Waals surface area (Å²) in [4.78, 5) is 28.7. The van der Waals surface area contributed by atoms with E-state index in [1.807, 2.05) is 19.1 Å². The number of fused-ring (bicyclic) bond motifs is 6. The predicted molar refractivity (Wildman–Crippen MR) is 131 cm³/mol. The minimum atomic E-state index is -1.97. The van der Waals surface area contributed by atoms with Crippen LogP contribution in [0.1, 0.15) is 39.7 Å². The summed E-state index contributed by atoms with van der Waals surface area (Å²) < 4.78 is 21.3. The zero-order valence-electron chi connectivity index (χ0n) is 20.2. The van der Waals surface area contributed by atoms with Gasteiger partial charge in [-0.1, -0.05) is 32.9 Å². The van der Waals surface area contributed by atoms with Crippen LogP contribution in [0.5, 0.6) is 0 Å². The molecule has 10 heteroatoms. The second-order valence-electron chi connectivity index (χ2n) is 11.1. The molecule has 2 saturated heterocycles. The van der Waals surface area contributed by atoms with Gasteiger partial charge in [-0.05, 0) is 37.2 Å². The summed E-state index contributed by atoms with van der Waals surface area (Å²) in [7, 11) is -1.97. The number of aromatic nitrogens is 2. The van der Waals surface area contributed by atoms with Gasteiger partial charge in [0.05, 0.1) is 40.4 Å². The lowest BCUT2D eigenvalue weighted by Crippen LogP contribution is -2.45. The maximum absolute atomic E-state index is 13.8. The van der Waals surface area contributed by atoms with Crippen LogP contribution < -0.4 is 4.90 Å². The van der Waals surface area contributed by atoms with E-state index in [4.69, 9.17) is 9.16 Å². The van der Waals surface area contributed by atoms with E-state index in [0.29, 0.717) is 35.3 Å². The maximum atomic E-state index is 13.8. The van der Waals surface area contributed by atoms with E-state index < -0.39 is 31.4 Å². The molecule has 4 atom stereocenters. The van der Waals surface area contributed by atoms with Crippen molar-refractivity contribution in [2.45, 2.75) is 63.5 Å². The van der Waals surface area contributed by atoms with Crippen molar-refractivity contribution in [1.82, 2.24) is 8.75 Å². The summed E-state index contributed by atoms with van der Waals surface area (Å²) in [5, 5.41) is 9.46. The average Bonchev–Trinajstić information content (AvgIpc) is 3.48. The minimum absolute atomic E-state index is 0.0717. The molecule has 0 saturated carbocycles. The smallest absolute Gasteiger partial charge is 0.241 e. The Bertz CT molecular complexity index is 1290. The van der Waals surface area contributed by atoms with Crippen molar-refractivity contribution < 1.29 is 18.8 Å². The van der Waals surface area contributed by atoms with Crippen LogP contribution in [-0.4, -0.2) is 46.7 Å². The summed E-state index contributed by atoms with van der Waals surface area (Å²) in [5.41, 5.74) is -0.188. The molecule has 4 heterocycles. The fraction of sp³-hybridized carbons (Fsp3) is 0.542. The lowest BCUT2D eigenvalue weighted by molar-refractivity contribution is -0.129. The molecule has 1 aromatic heterocycles. The molecule has 0 spiro atoms. The molecule has 5 rings (SSSR count). The first-order valence-corrected chi connectivity index (χ1v) is 15.1. The Labute approximate surface area is 204 Å². The van der Waals surface area contributed by atoms with E-state index in [-0.39, 0.29) is 16.9 Å². The van der Waals surface area contributed by atoms with Crippen molar-refractivity contribution >= 4 is 48.6 Å². The van der Waals surface area contributed by atoms with Crippen molar-refractivity contribution in [3.05, 3.63) is 29.8 Å². The van der Waals surface area contributed by atoms with Gasteiger partial charge in [0.15, 0.2) is 8.32 Å². The van der Waals surface area contributed by atoms with Gasteiger partial charge in [0.1, 0.15) is 22.7 Å². The van der Waals surface area contributed by atoms with Crippen molar-refractivity contribution in [1.29, 1.82) is 5.26 Å². The second kappa shape index (κ2) is 7.27. The molecule has 0 N–H and O–H groups in total. The van der Waals surface area contributed by atoms with Crippen LogP contribution in [0.4, 0.5) is 5.69 Å². The number of anilines is 1. The third-order valence-electron chi connectivity index (χ3n) is 8.07. The largest absolute Gasteiger partial charge is 0.417 e. The molecule has 3 aliphatic heterocycles. The van der Waals surface area contributed by atoms with E-state index in [1.54, 1.807) is 12.1 Å². The second-order valence-corrected chi connectivity index (χ2v) is 16.4. The molecular formula is C24H28N4O4SSi. The number of carbonyl (C=O) groups excluding carboxylic acids is 2. The number of nitrogens with zero attached hydrogens (tertiary/aromatic N) is 4. The standard InChI is InChI=1S/C24H28N4O4SSi/c1-22(2,3)34(5,6)31-12-11-24-10-9-23(4,32-24)16-17(24)21(30)28(20(16)29)15-8-7-14(13-25)18-19(15)27-33-26-18/h7-10,16-17H,11-12H2,1-6H3/t16?,17-,23-,24+/m0/s1. The Kier molecular flexibility index (Phi) is 4.98. The highest BCUT2D eigenvalue weighted by Crippen LogP contribution is 2.59. The first-order valence-electron chi connectivity index (χ1n) is 11.4. The highest BCUT2D eigenvalue weighted by Gasteiger charge is 2.72. The fourth-order valence-corrected chi connectivity index (χ4v) is 6.81. The van der Waals surface area contributed by atoms with Crippen LogP contribution in [-0.2, 0) is 18.8 Å². The first kappa shape index (κ1) is 23.3. The molecule has 8 nitrogen and oxygen atoms in total. The SMILES string of the molecule is CC(C)(C)[Si](C)(C)OCC[C@@]12C=C[C@](C)(O1)C1C(=O)N(c3ccc(C#N)c4nsnc34)C(=O)[C@H]12. The van der Waals surface area contributed by atoms with Crippen LogP contribution in [0.15, 0.2) is 24.3 Å². The number of ether oxygens (including phenoxy) is 1. The summed E-state index contributed by atoms with van der Waals surface area (Å²) in [6.45, 7) is 13.3. The number of amides is 2. The predicted octanol–water partition coefficient (Wildman–Crippen LogP) is 4.18. The lowest BCUT2D eigenvalue weighted by atomic mass is 9.71. The molecule has 2 amide bonds. The van der Waals surface area contributed by atoms with Gasteiger partial charge in [-0.3, -0.25) is 9.59 Å². The van der Waals surface area contributed by atoms with Crippen LogP contribution in [0.25, 0.3) is 11.0 Å². The highest BCUT2D eigenvalue weighted by atomic mass is 32.1. The number of rotatable bonds is 5. The van der Waals surface area contributed by atoms with Crippen LogP contribution in [0, 0.1) is 23.2 Å². The van der Waals surface area contributed by atoms with E-state index in [1.165, 1.54) is 4.90 Å². The maximum Gasteiger partial charge on any atom is 0.241 e. The van der Waals surface area contributed by atoms with Gasteiger partial charge < -0.3 is 9.16 Å². The van der Waals surface area contributed by atoms with Gasteiger partial charge in [0.25, 0.3) is 0 Å². The third kappa shape index (κ3) is 3.07. The topological polar surface area (TPSA) is 105 Å². The highest BCUT2D eigenvalue weighted by molar-refractivity contribution is 7.00. The van der Waals surface area contributed by atoms with Gasteiger partial charge in [0, 0.05) is 13.0 Å². The number of nitriles is 1. The molecule has 2 aromatic rings. The summed E-state index contributed by atoms with van der Waals surface area (Å²) in [6.07, 6.45) is 4.38. The van der Waals surface area contributed by atoms with E-state index in [9.17, 15) is 14.9 Å². The molecule has 2 fully saturated rings. The quantitative estimate of drug-likeness (QED) is 0.347. The van der Waals surface area contributed by atoms with Gasteiger partial charge >= 0.3 is 0 Å².